The van der Waals surface area contributed by atoms with Crippen LogP contribution in [-0.2, 0) is 0 Å². The first kappa shape index (κ1) is 16.3. The smallest absolute Gasteiger partial charge is 0.292 e. The molecule has 1 saturated carbocycles. The van der Waals surface area contributed by atoms with Gasteiger partial charge in [-0.05, 0) is 48.9 Å². The van der Waals surface area contributed by atoms with Crippen molar-refractivity contribution in [3.8, 4) is 5.69 Å². The molecule has 5 nitrogen and oxygen atoms in total. The van der Waals surface area contributed by atoms with E-state index in [1.807, 2.05) is 0 Å². The molecule has 0 unspecified atom stereocenters. The second kappa shape index (κ2) is 6.51. The normalized spacial score (nSPS) is 15.4. The van der Waals surface area contributed by atoms with E-state index in [4.69, 9.17) is 28.3 Å². The Bertz CT molecular complexity index is 755. The van der Waals surface area contributed by atoms with Gasteiger partial charge in [0.05, 0.1) is 17.6 Å². The molecule has 1 aromatic carbocycles. The lowest BCUT2D eigenvalue weighted by molar-refractivity contribution is 0.253. The Morgan fingerprint density at radius 1 is 1.26 bits per heavy atom. The molecule has 1 aliphatic carbocycles. The van der Waals surface area contributed by atoms with Gasteiger partial charge in [0, 0.05) is 18.2 Å². The van der Waals surface area contributed by atoms with Gasteiger partial charge in [-0.2, -0.15) is 9.78 Å². The van der Waals surface area contributed by atoms with Gasteiger partial charge >= 0.3 is 0 Å². The van der Waals surface area contributed by atoms with Crippen LogP contribution in [0.25, 0.3) is 5.69 Å². The Hall–Kier alpha value is -1.56. The van der Waals surface area contributed by atoms with E-state index in [1.54, 1.807) is 30.5 Å². The van der Waals surface area contributed by atoms with Crippen molar-refractivity contribution in [1.29, 1.82) is 0 Å². The average Bonchev–Trinajstić information content (AvgIpc) is 3.30. The summed E-state index contributed by atoms with van der Waals surface area (Å²) in [5.74, 6) is 0. The van der Waals surface area contributed by atoms with Crippen molar-refractivity contribution in [2.75, 3.05) is 18.5 Å². The number of nitrogens with one attached hydrogen (secondary N) is 1. The fourth-order valence-corrected chi connectivity index (χ4v) is 2.86. The third kappa shape index (κ3) is 3.52. The molecule has 0 amide bonds. The lowest BCUT2D eigenvalue weighted by Crippen LogP contribution is -2.24. The molecule has 1 fully saturated rings. The number of benzene rings is 1. The molecule has 0 saturated heterocycles. The maximum Gasteiger partial charge on any atom is 0.292 e. The zero-order chi connectivity index (χ0) is 16.4. The standard InChI is InChI=1S/C16H17Cl2N3O2/c17-11-1-3-12(4-2-11)21-15(23)14(18)13(9-20-21)19-10-16(5-6-16)7-8-22/h1-4,9,19,22H,5-8,10H2. The van der Waals surface area contributed by atoms with Gasteiger partial charge in [0.25, 0.3) is 5.56 Å². The minimum absolute atomic E-state index is 0.106. The molecule has 0 spiro atoms. The molecule has 0 bridgehead atoms. The predicted molar refractivity (Wildman–Crippen MR) is 91.7 cm³/mol. The highest BCUT2D eigenvalue weighted by Crippen LogP contribution is 2.48. The van der Waals surface area contributed by atoms with Gasteiger partial charge in [0.2, 0.25) is 0 Å². The highest BCUT2D eigenvalue weighted by Gasteiger charge is 2.41. The van der Waals surface area contributed by atoms with Gasteiger partial charge in [0.15, 0.2) is 0 Å². The summed E-state index contributed by atoms with van der Waals surface area (Å²) in [5.41, 5.74) is 0.868. The molecule has 0 aliphatic heterocycles. The number of hydrogen-bond acceptors (Lipinski definition) is 4. The lowest BCUT2D eigenvalue weighted by atomic mass is 10.0. The first-order valence-corrected chi connectivity index (χ1v) is 8.19. The van der Waals surface area contributed by atoms with Crippen LogP contribution in [0.2, 0.25) is 10.0 Å². The zero-order valence-electron chi connectivity index (χ0n) is 12.4. The van der Waals surface area contributed by atoms with E-state index in [0.29, 0.717) is 22.9 Å². The van der Waals surface area contributed by atoms with Crippen LogP contribution in [0.5, 0.6) is 0 Å². The van der Waals surface area contributed by atoms with E-state index in [9.17, 15) is 4.79 Å². The monoisotopic (exact) mass is 353 g/mol. The van der Waals surface area contributed by atoms with E-state index >= 15 is 0 Å². The SMILES string of the molecule is O=c1c(Cl)c(NCC2(CCO)CC2)cnn1-c1ccc(Cl)cc1. The van der Waals surface area contributed by atoms with Crippen LogP contribution in [0.4, 0.5) is 5.69 Å². The third-order valence-electron chi connectivity index (χ3n) is 4.24. The summed E-state index contributed by atoms with van der Waals surface area (Å²) < 4.78 is 1.24. The van der Waals surface area contributed by atoms with E-state index in [-0.39, 0.29) is 22.6 Å². The molecular weight excluding hydrogens is 337 g/mol. The second-order valence-corrected chi connectivity index (χ2v) is 6.71. The highest BCUT2D eigenvalue weighted by atomic mass is 35.5. The van der Waals surface area contributed by atoms with Crippen LogP contribution in [-0.4, -0.2) is 28.0 Å². The van der Waals surface area contributed by atoms with Crippen LogP contribution in [0.15, 0.2) is 35.3 Å². The van der Waals surface area contributed by atoms with Gasteiger partial charge in [-0.3, -0.25) is 4.79 Å². The molecule has 122 valence electrons. The van der Waals surface area contributed by atoms with Crippen LogP contribution in [0.3, 0.4) is 0 Å². The van der Waals surface area contributed by atoms with Gasteiger partial charge in [-0.15, -0.1) is 0 Å². The summed E-state index contributed by atoms with van der Waals surface area (Å²) >= 11 is 12.0. The van der Waals surface area contributed by atoms with E-state index in [1.165, 1.54) is 4.68 Å². The molecule has 2 aromatic rings. The van der Waals surface area contributed by atoms with Gasteiger partial charge in [-0.25, -0.2) is 0 Å². The number of aliphatic hydroxyl groups excluding tert-OH is 1. The molecule has 7 heteroatoms. The maximum absolute atomic E-state index is 12.4. The zero-order valence-corrected chi connectivity index (χ0v) is 13.9. The van der Waals surface area contributed by atoms with E-state index < -0.39 is 0 Å². The molecule has 0 atom stereocenters. The number of hydrogen-bond donors (Lipinski definition) is 2. The van der Waals surface area contributed by atoms with Crippen molar-refractivity contribution in [2.24, 2.45) is 5.41 Å². The summed E-state index contributed by atoms with van der Waals surface area (Å²) in [6.45, 7) is 0.852. The number of aromatic nitrogens is 2. The Balaban J connectivity index is 1.81. The summed E-state index contributed by atoms with van der Waals surface area (Å²) in [4.78, 5) is 12.4. The highest BCUT2D eigenvalue weighted by molar-refractivity contribution is 6.33. The van der Waals surface area contributed by atoms with Gasteiger partial charge in [-0.1, -0.05) is 23.2 Å². The lowest BCUT2D eigenvalue weighted by Gasteiger charge is -2.16. The number of anilines is 1. The predicted octanol–water partition coefficient (Wildman–Crippen LogP) is 3.11. The van der Waals surface area contributed by atoms with Crippen molar-refractivity contribution >= 4 is 28.9 Å². The number of aliphatic hydroxyl groups is 1. The fourth-order valence-electron chi connectivity index (χ4n) is 2.53. The molecule has 2 N–H and O–H groups in total. The summed E-state index contributed by atoms with van der Waals surface area (Å²) in [5, 5.41) is 17.1. The fraction of sp³-hybridized carbons (Fsp3) is 0.375. The average molecular weight is 354 g/mol. The minimum Gasteiger partial charge on any atom is -0.396 e. The Kier molecular flexibility index (Phi) is 4.62. The molecule has 0 radical (unpaired) electrons. The summed E-state index contributed by atoms with van der Waals surface area (Å²) in [6, 6.07) is 6.80. The van der Waals surface area contributed by atoms with E-state index in [0.717, 1.165) is 19.3 Å². The second-order valence-electron chi connectivity index (χ2n) is 5.89. The van der Waals surface area contributed by atoms with Crippen LogP contribution in [0, 0.1) is 5.41 Å². The van der Waals surface area contributed by atoms with Crippen molar-refractivity contribution in [3.63, 3.8) is 0 Å². The maximum atomic E-state index is 12.4. The first-order chi connectivity index (χ1) is 11.0. The van der Waals surface area contributed by atoms with Crippen molar-refractivity contribution < 1.29 is 5.11 Å². The van der Waals surface area contributed by atoms with Crippen LogP contribution < -0.4 is 10.9 Å². The molecule has 1 heterocycles. The Morgan fingerprint density at radius 2 is 1.96 bits per heavy atom. The number of nitrogens with zero attached hydrogens (tertiary/aromatic N) is 2. The van der Waals surface area contributed by atoms with Crippen LogP contribution in [0.1, 0.15) is 19.3 Å². The molecular formula is C16H17Cl2N3O2. The summed E-state index contributed by atoms with van der Waals surface area (Å²) in [6.07, 6.45) is 4.46. The molecule has 1 aliphatic rings. The first-order valence-electron chi connectivity index (χ1n) is 7.43. The van der Waals surface area contributed by atoms with Gasteiger partial charge in [0.1, 0.15) is 5.02 Å². The van der Waals surface area contributed by atoms with E-state index in [2.05, 4.69) is 10.4 Å². The Labute approximate surface area is 143 Å². The Morgan fingerprint density at radius 3 is 2.57 bits per heavy atom. The molecule has 23 heavy (non-hydrogen) atoms. The number of halogens is 2. The topological polar surface area (TPSA) is 67.2 Å². The minimum atomic E-state index is -0.383. The third-order valence-corrected chi connectivity index (χ3v) is 4.86. The van der Waals surface area contributed by atoms with Crippen molar-refractivity contribution in [3.05, 3.63) is 50.9 Å². The number of rotatable bonds is 6. The van der Waals surface area contributed by atoms with Gasteiger partial charge < -0.3 is 10.4 Å². The van der Waals surface area contributed by atoms with Crippen molar-refractivity contribution in [2.45, 2.75) is 19.3 Å². The quantitative estimate of drug-likeness (QED) is 0.837. The van der Waals surface area contributed by atoms with Crippen LogP contribution >= 0.6 is 23.2 Å². The summed E-state index contributed by atoms with van der Waals surface area (Å²) in [7, 11) is 0. The molecule has 1 aromatic heterocycles. The molecule has 3 rings (SSSR count). The van der Waals surface area contributed by atoms with Crippen molar-refractivity contribution in [1.82, 2.24) is 9.78 Å². The largest absolute Gasteiger partial charge is 0.396 e.